The fraction of sp³-hybridized carbons (Fsp3) is 0.294. The van der Waals surface area contributed by atoms with Crippen molar-refractivity contribution in [1.82, 2.24) is 9.97 Å². The second-order valence-corrected chi connectivity index (χ2v) is 5.82. The number of nitrogens with zero attached hydrogens (tertiary/aromatic N) is 3. The summed E-state index contributed by atoms with van der Waals surface area (Å²) in [5, 5.41) is 0. The molecule has 0 bridgehead atoms. The summed E-state index contributed by atoms with van der Waals surface area (Å²) in [5.74, 6) is -0.971. The summed E-state index contributed by atoms with van der Waals surface area (Å²) in [5.41, 5.74) is 8.06. The van der Waals surface area contributed by atoms with Crippen molar-refractivity contribution >= 4 is 17.5 Å². The molecule has 2 N–H and O–H groups in total. The van der Waals surface area contributed by atoms with Gasteiger partial charge in [0.15, 0.2) is 0 Å². The molecule has 1 aromatic heterocycles. The van der Waals surface area contributed by atoms with Crippen molar-refractivity contribution in [3.63, 3.8) is 0 Å². The zero-order valence-corrected chi connectivity index (χ0v) is 13.1. The predicted molar refractivity (Wildman–Crippen MR) is 86.0 cm³/mol. The van der Waals surface area contributed by atoms with Crippen molar-refractivity contribution in [3.8, 4) is 0 Å². The molecule has 2 atom stereocenters. The van der Waals surface area contributed by atoms with Crippen LogP contribution < -0.4 is 10.6 Å². The molecule has 0 fully saturated rings. The number of anilines is 1. The zero-order chi connectivity index (χ0) is 16.6. The topological polar surface area (TPSA) is 89.2 Å². The summed E-state index contributed by atoms with van der Waals surface area (Å²) in [6.45, 7) is 3.73. The number of amides is 2. The quantitative estimate of drug-likeness (QED) is 0.916. The van der Waals surface area contributed by atoms with Gasteiger partial charge in [-0.25, -0.2) is 4.98 Å². The molecule has 0 saturated heterocycles. The third kappa shape index (κ3) is 2.67. The number of fused-ring (bicyclic) bond motifs is 1. The fourth-order valence-corrected chi connectivity index (χ4v) is 3.02. The van der Waals surface area contributed by atoms with E-state index in [1.807, 2.05) is 38.1 Å². The Bertz CT molecular complexity index is 757. The van der Waals surface area contributed by atoms with Gasteiger partial charge >= 0.3 is 0 Å². The highest BCUT2D eigenvalue weighted by Crippen LogP contribution is 2.38. The first-order valence-corrected chi connectivity index (χ1v) is 7.49. The molecular formula is C17H18N4O2. The lowest BCUT2D eigenvalue weighted by atomic mass is 9.85. The number of aromatic nitrogens is 2. The number of carbonyl (C=O) groups is 2. The maximum absolute atomic E-state index is 12.9. The summed E-state index contributed by atoms with van der Waals surface area (Å²) in [7, 11) is 0. The van der Waals surface area contributed by atoms with Gasteiger partial charge in [0, 0.05) is 17.9 Å². The lowest BCUT2D eigenvalue weighted by molar-refractivity contribution is -0.119. The van der Waals surface area contributed by atoms with E-state index in [-0.39, 0.29) is 29.5 Å². The first-order valence-electron chi connectivity index (χ1n) is 7.49. The number of rotatable bonds is 2. The average molecular weight is 310 g/mol. The molecule has 1 aliphatic heterocycles. The minimum Gasteiger partial charge on any atom is -0.369 e. The number of primary amides is 1. The van der Waals surface area contributed by atoms with Gasteiger partial charge in [0.05, 0.1) is 17.8 Å². The normalized spacial score (nSPS) is 20.0. The Morgan fingerprint density at radius 2 is 1.96 bits per heavy atom. The molecular weight excluding hydrogens is 292 g/mol. The van der Waals surface area contributed by atoms with Gasteiger partial charge in [-0.1, -0.05) is 18.2 Å². The van der Waals surface area contributed by atoms with Crippen molar-refractivity contribution in [2.75, 3.05) is 4.90 Å². The van der Waals surface area contributed by atoms with E-state index >= 15 is 0 Å². The second-order valence-electron chi connectivity index (χ2n) is 5.82. The minimum absolute atomic E-state index is 0.155. The number of carbonyl (C=O) groups excluding carboxylic acids is 2. The maximum Gasteiger partial charge on any atom is 0.278 e. The SMILES string of the molecule is Cc1cnc(C(=O)N2c3ccccc3[C@@H](C(N)=O)C[C@H]2C)cn1. The van der Waals surface area contributed by atoms with E-state index in [0.717, 1.165) is 11.3 Å². The number of hydrogen-bond donors (Lipinski definition) is 1. The number of aryl methyl sites for hydroxylation is 1. The highest BCUT2D eigenvalue weighted by molar-refractivity contribution is 6.06. The second kappa shape index (κ2) is 5.79. The van der Waals surface area contributed by atoms with Crippen LogP contribution in [0.4, 0.5) is 5.69 Å². The van der Waals surface area contributed by atoms with Gasteiger partial charge in [-0.2, -0.15) is 0 Å². The van der Waals surface area contributed by atoms with Crippen LogP contribution in [0, 0.1) is 6.92 Å². The van der Waals surface area contributed by atoms with Crippen LogP contribution in [0.3, 0.4) is 0 Å². The molecule has 0 radical (unpaired) electrons. The van der Waals surface area contributed by atoms with Gasteiger partial charge in [0.25, 0.3) is 5.91 Å². The Balaban J connectivity index is 2.05. The van der Waals surface area contributed by atoms with Crippen molar-refractivity contribution in [2.24, 2.45) is 5.73 Å². The van der Waals surface area contributed by atoms with Crippen LogP contribution in [-0.4, -0.2) is 27.8 Å². The average Bonchev–Trinajstić information content (AvgIpc) is 2.54. The van der Waals surface area contributed by atoms with Gasteiger partial charge in [0.2, 0.25) is 5.91 Å². The summed E-state index contributed by atoms with van der Waals surface area (Å²) in [6.07, 6.45) is 3.55. The highest BCUT2D eigenvalue weighted by Gasteiger charge is 2.36. The van der Waals surface area contributed by atoms with Crippen LogP contribution in [0.25, 0.3) is 0 Å². The lowest BCUT2D eigenvalue weighted by Crippen LogP contribution is -2.45. The van der Waals surface area contributed by atoms with E-state index < -0.39 is 0 Å². The Kier molecular flexibility index (Phi) is 3.82. The first-order chi connectivity index (χ1) is 11.0. The summed E-state index contributed by atoms with van der Waals surface area (Å²) in [4.78, 5) is 34.6. The number of nitrogens with two attached hydrogens (primary N) is 1. The van der Waals surface area contributed by atoms with Gasteiger partial charge in [-0.15, -0.1) is 0 Å². The summed E-state index contributed by atoms with van der Waals surface area (Å²) >= 11 is 0. The third-order valence-corrected chi connectivity index (χ3v) is 4.15. The minimum atomic E-state index is -0.380. The van der Waals surface area contributed by atoms with E-state index in [0.29, 0.717) is 12.1 Å². The van der Waals surface area contributed by atoms with Crippen LogP contribution in [0.1, 0.15) is 41.0 Å². The lowest BCUT2D eigenvalue weighted by Gasteiger charge is -2.38. The van der Waals surface area contributed by atoms with Crippen molar-refractivity contribution in [1.29, 1.82) is 0 Å². The number of para-hydroxylation sites is 1. The van der Waals surface area contributed by atoms with Gasteiger partial charge in [-0.05, 0) is 31.9 Å². The Morgan fingerprint density at radius 3 is 2.61 bits per heavy atom. The summed E-state index contributed by atoms with van der Waals surface area (Å²) in [6, 6.07) is 7.21. The Morgan fingerprint density at radius 1 is 1.22 bits per heavy atom. The van der Waals surface area contributed by atoms with Gasteiger partial charge in [0.1, 0.15) is 5.69 Å². The summed E-state index contributed by atoms with van der Waals surface area (Å²) < 4.78 is 0. The maximum atomic E-state index is 12.9. The van der Waals surface area contributed by atoms with Crippen LogP contribution >= 0.6 is 0 Å². The Labute approximate surface area is 134 Å². The molecule has 6 heteroatoms. The molecule has 0 aliphatic carbocycles. The molecule has 23 heavy (non-hydrogen) atoms. The highest BCUT2D eigenvalue weighted by atomic mass is 16.2. The van der Waals surface area contributed by atoms with Crippen LogP contribution in [0.5, 0.6) is 0 Å². The van der Waals surface area contributed by atoms with Crippen molar-refractivity contribution in [3.05, 3.63) is 53.6 Å². The molecule has 1 aromatic carbocycles. The van der Waals surface area contributed by atoms with Crippen molar-refractivity contribution < 1.29 is 9.59 Å². The molecule has 2 amide bonds. The molecule has 0 saturated carbocycles. The van der Waals surface area contributed by atoms with Gasteiger partial charge < -0.3 is 10.6 Å². The molecule has 0 spiro atoms. The predicted octanol–water partition coefficient (Wildman–Crippen LogP) is 1.79. The van der Waals surface area contributed by atoms with E-state index in [9.17, 15) is 9.59 Å². The molecule has 2 aromatic rings. The standard InChI is InChI=1S/C17H18N4O2/c1-10-8-20-14(9-19-10)17(23)21-11(2)7-13(16(18)22)12-5-3-4-6-15(12)21/h3-6,8-9,11,13H,7H2,1-2H3,(H2,18,22)/t11-,13+/m1/s1. The molecule has 118 valence electrons. The molecule has 3 rings (SSSR count). The largest absolute Gasteiger partial charge is 0.369 e. The third-order valence-electron chi connectivity index (χ3n) is 4.15. The van der Waals surface area contributed by atoms with Crippen LogP contribution in [-0.2, 0) is 4.79 Å². The number of benzene rings is 1. The van der Waals surface area contributed by atoms with Crippen LogP contribution in [0.2, 0.25) is 0 Å². The number of hydrogen-bond acceptors (Lipinski definition) is 4. The molecule has 6 nitrogen and oxygen atoms in total. The van der Waals surface area contributed by atoms with E-state index in [1.165, 1.54) is 6.20 Å². The van der Waals surface area contributed by atoms with E-state index in [2.05, 4.69) is 9.97 Å². The Hall–Kier alpha value is -2.76. The van der Waals surface area contributed by atoms with Gasteiger partial charge in [-0.3, -0.25) is 14.6 Å². The smallest absolute Gasteiger partial charge is 0.278 e. The fourth-order valence-electron chi connectivity index (χ4n) is 3.02. The zero-order valence-electron chi connectivity index (χ0n) is 13.1. The van der Waals surface area contributed by atoms with Crippen molar-refractivity contribution in [2.45, 2.75) is 32.2 Å². The first kappa shape index (κ1) is 15.1. The van der Waals surface area contributed by atoms with Crippen LogP contribution in [0.15, 0.2) is 36.7 Å². The van der Waals surface area contributed by atoms with E-state index in [4.69, 9.17) is 5.73 Å². The molecule has 1 aliphatic rings. The molecule has 2 heterocycles. The van der Waals surface area contributed by atoms with E-state index in [1.54, 1.807) is 11.1 Å². The monoisotopic (exact) mass is 310 g/mol. The molecule has 0 unspecified atom stereocenters.